The zero-order chi connectivity index (χ0) is 15.6. The molecule has 2 atom stereocenters. The van der Waals surface area contributed by atoms with Crippen molar-refractivity contribution in [3.8, 4) is 0 Å². The summed E-state index contributed by atoms with van der Waals surface area (Å²) < 4.78 is 5.31. The van der Waals surface area contributed by atoms with Gasteiger partial charge in [0.1, 0.15) is 5.60 Å². The number of pyridine rings is 1. The summed E-state index contributed by atoms with van der Waals surface area (Å²) in [5.74, 6) is -1.81. The van der Waals surface area contributed by atoms with E-state index in [2.05, 4.69) is 4.98 Å². The van der Waals surface area contributed by atoms with Gasteiger partial charge in [-0.2, -0.15) is 0 Å². The van der Waals surface area contributed by atoms with Crippen molar-refractivity contribution in [2.45, 2.75) is 32.3 Å². The van der Waals surface area contributed by atoms with Gasteiger partial charge in [-0.15, -0.1) is 0 Å². The third-order valence-electron chi connectivity index (χ3n) is 3.40. The summed E-state index contributed by atoms with van der Waals surface area (Å²) in [5, 5.41) is 9.38. The van der Waals surface area contributed by atoms with E-state index in [1.165, 1.54) is 4.90 Å². The van der Waals surface area contributed by atoms with Crippen molar-refractivity contribution >= 4 is 12.1 Å². The predicted octanol–water partition coefficient (Wildman–Crippen LogP) is 2.12. The summed E-state index contributed by atoms with van der Waals surface area (Å²) in [6, 6.07) is 3.61. The first-order valence-corrected chi connectivity index (χ1v) is 6.88. The smallest absolute Gasteiger partial charge is 0.410 e. The fourth-order valence-electron chi connectivity index (χ4n) is 2.46. The number of aromatic nitrogens is 1. The van der Waals surface area contributed by atoms with Crippen LogP contribution in [-0.4, -0.2) is 45.7 Å². The van der Waals surface area contributed by atoms with E-state index in [1.54, 1.807) is 39.2 Å². The zero-order valence-electron chi connectivity index (χ0n) is 12.4. The number of carbonyl (C=O) groups is 2. The van der Waals surface area contributed by atoms with Crippen LogP contribution in [0.3, 0.4) is 0 Å². The Labute approximate surface area is 123 Å². The number of hydrogen-bond acceptors (Lipinski definition) is 4. The highest BCUT2D eigenvalue weighted by molar-refractivity contribution is 5.75. The number of carboxylic acid groups (broad SMARTS) is 1. The molecule has 0 aromatic carbocycles. The third-order valence-corrected chi connectivity index (χ3v) is 3.40. The Kier molecular flexibility index (Phi) is 4.16. The average molecular weight is 292 g/mol. The molecule has 1 aromatic heterocycles. The minimum absolute atomic E-state index is 0.157. The molecule has 0 unspecified atom stereocenters. The lowest BCUT2D eigenvalue weighted by Gasteiger charge is -2.24. The summed E-state index contributed by atoms with van der Waals surface area (Å²) in [6.45, 7) is 5.85. The molecule has 0 aliphatic carbocycles. The predicted molar refractivity (Wildman–Crippen MR) is 75.9 cm³/mol. The number of nitrogens with zero attached hydrogens (tertiary/aromatic N) is 2. The number of aliphatic carboxylic acids is 1. The number of rotatable bonds is 2. The van der Waals surface area contributed by atoms with Crippen LogP contribution < -0.4 is 0 Å². The second kappa shape index (κ2) is 5.71. The van der Waals surface area contributed by atoms with E-state index in [4.69, 9.17) is 4.74 Å². The van der Waals surface area contributed by atoms with Crippen molar-refractivity contribution in [3.63, 3.8) is 0 Å². The van der Waals surface area contributed by atoms with Crippen LogP contribution in [-0.2, 0) is 9.53 Å². The quantitative estimate of drug-likeness (QED) is 0.903. The van der Waals surface area contributed by atoms with Gasteiger partial charge in [-0.1, -0.05) is 6.07 Å². The summed E-state index contributed by atoms with van der Waals surface area (Å²) >= 11 is 0. The van der Waals surface area contributed by atoms with Gasteiger partial charge in [-0.25, -0.2) is 4.79 Å². The third kappa shape index (κ3) is 3.71. The maximum Gasteiger partial charge on any atom is 0.410 e. The molecule has 0 radical (unpaired) electrons. The Balaban J connectivity index is 2.16. The monoisotopic (exact) mass is 292 g/mol. The molecule has 1 aliphatic heterocycles. The summed E-state index contributed by atoms with van der Waals surface area (Å²) in [4.78, 5) is 29.0. The zero-order valence-corrected chi connectivity index (χ0v) is 12.4. The first-order valence-electron chi connectivity index (χ1n) is 6.88. The molecular formula is C15H20N2O4. The number of amides is 1. The SMILES string of the molecule is CC(C)(C)OC(=O)N1C[C@@H](C(=O)O)[C@H](c2cccnc2)C1. The maximum absolute atomic E-state index is 12.1. The number of likely N-dealkylation sites (tertiary alicyclic amines) is 1. The molecule has 1 fully saturated rings. The van der Waals surface area contributed by atoms with E-state index in [1.807, 2.05) is 6.07 Å². The van der Waals surface area contributed by atoms with E-state index >= 15 is 0 Å². The van der Waals surface area contributed by atoms with Crippen molar-refractivity contribution in [1.82, 2.24) is 9.88 Å². The van der Waals surface area contributed by atoms with E-state index in [-0.39, 0.29) is 12.5 Å². The Bertz CT molecular complexity index is 524. The molecule has 1 N–H and O–H groups in total. The highest BCUT2D eigenvalue weighted by Crippen LogP contribution is 2.33. The number of carboxylic acids is 1. The molecule has 114 valence electrons. The van der Waals surface area contributed by atoms with Gasteiger partial charge in [0.25, 0.3) is 0 Å². The van der Waals surface area contributed by atoms with E-state index in [9.17, 15) is 14.7 Å². The lowest BCUT2D eigenvalue weighted by atomic mass is 9.90. The van der Waals surface area contributed by atoms with E-state index < -0.39 is 23.6 Å². The van der Waals surface area contributed by atoms with Crippen LogP contribution in [0.15, 0.2) is 24.5 Å². The largest absolute Gasteiger partial charge is 0.481 e. The number of carbonyl (C=O) groups excluding carboxylic acids is 1. The first kappa shape index (κ1) is 15.3. The van der Waals surface area contributed by atoms with Crippen LogP contribution in [0.2, 0.25) is 0 Å². The number of hydrogen-bond donors (Lipinski definition) is 1. The molecule has 0 bridgehead atoms. The van der Waals surface area contributed by atoms with Gasteiger partial charge < -0.3 is 14.7 Å². The standard InChI is InChI=1S/C15H20N2O4/c1-15(2,3)21-14(20)17-8-11(12(9-17)13(18)19)10-5-4-6-16-7-10/h4-7,11-12H,8-9H2,1-3H3,(H,18,19)/t11-,12+/m0/s1. The molecule has 1 aliphatic rings. The van der Waals surface area contributed by atoms with Crippen LogP contribution in [0.1, 0.15) is 32.3 Å². The lowest BCUT2D eigenvalue weighted by Crippen LogP contribution is -2.35. The van der Waals surface area contributed by atoms with Crippen LogP contribution in [0.25, 0.3) is 0 Å². The topological polar surface area (TPSA) is 79.7 Å². The molecule has 1 aromatic rings. The lowest BCUT2D eigenvalue weighted by molar-refractivity contribution is -0.141. The summed E-state index contributed by atoms with van der Waals surface area (Å²) in [5.41, 5.74) is 0.235. The highest BCUT2D eigenvalue weighted by Gasteiger charge is 2.41. The van der Waals surface area contributed by atoms with Crippen LogP contribution >= 0.6 is 0 Å². The van der Waals surface area contributed by atoms with Crippen molar-refractivity contribution in [2.24, 2.45) is 5.92 Å². The maximum atomic E-state index is 12.1. The Morgan fingerprint density at radius 2 is 2.10 bits per heavy atom. The van der Waals surface area contributed by atoms with Gasteiger partial charge in [0.2, 0.25) is 0 Å². The minimum Gasteiger partial charge on any atom is -0.481 e. The Morgan fingerprint density at radius 3 is 2.62 bits per heavy atom. The molecular weight excluding hydrogens is 272 g/mol. The molecule has 1 amide bonds. The fraction of sp³-hybridized carbons (Fsp3) is 0.533. The van der Waals surface area contributed by atoms with Gasteiger partial charge in [0.05, 0.1) is 5.92 Å². The molecule has 6 heteroatoms. The molecule has 2 heterocycles. The average Bonchev–Trinajstić information content (AvgIpc) is 2.83. The first-order chi connectivity index (χ1) is 9.78. The molecule has 1 saturated heterocycles. The summed E-state index contributed by atoms with van der Waals surface area (Å²) in [7, 11) is 0. The second-order valence-corrected chi connectivity index (χ2v) is 6.22. The van der Waals surface area contributed by atoms with Crippen molar-refractivity contribution in [1.29, 1.82) is 0 Å². The molecule has 0 saturated carbocycles. The Hall–Kier alpha value is -2.11. The molecule has 21 heavy (non-hydrogen) atoms. The van der Waals surface area contributed by atoms with Gasteiger partial charge >= 0.3 is 12.1 Å². The van der Waals surface area contributed by atoms with Crippen LogP contribution in [0, 0.1) is 5.92 Å². The second-order valence-electron chi connectivity index (χ2n) is 6.22. The van der Waals surface area contributed by atoms with E-state index in [0.29, 0.717) is 6.54 Å². The fourth-order valence-corrected chi connectivity index (χ4v) is 2.46. The summed E-state index contributed by atoms with van der Waals surface area (Å²) in [6.07, 6.45) is 2.82. The van der Waals surface area contributed by atoms with Crippen molar-refractivity contribution < 1.29 is 19.4 Å². The van der Waals surface area contributed by atoms with Gasteiger partial charge in [0.15, 0.2) is 0 Å². The normalized spacial score (nSPS) is 22.1. The highest BCUT2D eigenvalue weighted by atomic mass is 16.6. The minimum atomic E-state index is -0.907. The van der Waals surface area contributed by atoms with Crippen LogP contribution in [0.4, 0.5) is 4.79 Å². The van der Waals surface area contributed by atoms with E-state index in [0.717, 1.165) is 5.56 Å². The van der Waals surface area contributed by atoms with Gasteiger partial charge in [-0.05, 0) is 32.4 Å². The van der Waals surface area contributed by atoms with Crippen molar-refractivity contribution in [2.75, 3.05) is 13.1 Å². The Morgan fingerprint density at radius 1 is 1.38 bits per heavy atom. The molecule has 6 nitrogen and oxygen atoms in total. The van der Waals surface area contributed by atoms with Gasteiger partial charge in [-0.3, -0.25) is 9.78 Å². The number of ether oxygens (including phenoxy) is 1. The molecule has 2 rings (SSSR count). The van der Waals surface area contributed by atoms with Crippen LogP contribution in [0.5, 0.6) is 0 Å². The van der Waals surface area contributed by atoms with Crippen molar-refractivity contribution in [3.05, 3.63) is 30.1 Å². The molecule has 0 spiro atoms. The van der Waals surface area contributed by atoms with Gasteiger partial charge in [0, 0.05) is 31.4 Å².